The number of nitrogens with one attached hydrogen (secondary N) is 1. The summed E-state index contributed by atoms with van der Waals surface area (Å²) in [6.45, 7) is 0. The van der Waals surface area contributed by atoms with Crippen LogP contribution in [0.1, 0.15) is 47.9 Å². The molecule has 0 saturated heterocycles. The van der Waals surface area contributed by atoms with Gasteiger partial charge in [-0.1, -0.05) is 36.8 Å². The molecule has 4 heteroatoms. The highest BCUT2D eigenvalue weighted by atomic mass is 19.4. The first-order valence-corrected chi connectivity index (χ1v) is 8.06. The van der Waals surface area contributed by atoms with Crippen LogP contribution in [0.2, 0.25) is 0 Å². The Bertz CT molecular complexity index is 708. The average molecular weight is 317 g/mol. The smallest absolute Gasteiger partial charge is 0.378 e. The molecule has 3 atom stereocenters. The molecule has 1 N–H and O–H groups in total. The van der Waals surface area contributed by atoms with Crippen LogP contribution in [-0.4, -0.2) is 0 Å². The van der Waals surface area contributed by atoms with E-state index >= 15 is 0 Å². The zero-order chi connectivity index (χ0) is 16.0. The van der Waals surface area contributed by atoms with E-state index in [9.17, 15) is 13.2 Å². The third-order valence-electron chi connectivity index (χ3n) is 5.25. The molecule has 2 aromatic carbocycles. The Balaban J connectivity index is 1.77. The van der Waals surface area contributed by atoms with Gasteiger partial charge < -0.3 is 5.32 Å². The zero-order valence-electron chi connectivity index (χ0n) is 12.6. The van der Waals surface area contributed by atoms with Gasteiger partial charge in [0.05, 0.1) is 11.6 Å². The summed E-state index contributed by atoms with van der Waals surface area (Å²) in [4.78, 5) is 0. The maximum absolute atomic E-state index is 13.0. The van der Waals surface area contributed by atoms with E-state index in [4.69, 9.17) is 0 Å². The first kappa shape index (κ1) is 14.6. The van der Waals surface area contributed by atoms with Crippen LogP contribution in [0.25, 0.3) is 0 Å². The van der Waals surface area contributed by atoms with Crippen molar-refractivity contribution in [2.75, 3.05) is 5.32 Å². The van der Waals surface area contributed by atoms with Gasteiger partial charge in [0, 0.05) is 5.69 Å². The number of fused-ring (bicyclic) bond motifs is 3. The highest BCUT2D eigenvalue weighted by Gasteiger charge is 2.41. The third-order valence-corrected chi connectivity index (χ3v) is 5.25. The lowest BCUT2D eigenvalue weighted by Gasteiger charge is -2.38. The topological polar surface area (TPSA) is 12.0 Å². The number of rotatable bonds is 1. The summed E-state index contributed by atoms with van der Waals surface area (Å²) >= 11 is 0. The summed E-state index contributed by atoms with van der Waals surface area (Å²) in [6.07, 6.45) is -1.16. The molecule has 1 saturated carbocycles. The lowest BCUT2D eigenvalue weighted by Crippen LogP contribution is -2.29. The summed E-state index contributed by atoms with van der Waals surface area (Å²) < 4.78 is 39.1. The Kier molecular flexibility index (Phi) is 3.36. The average Bonchev–Trinajstić information content (AvgIpc) is 3.03. The molecule has 1 fully saturated rings. The van der Waals surface area contributed by atoms with Gasteiger partial charge in [0.15, 0.2) is 0 Å². The minimum atomic E-state index is -4.28. The molecule has 2 aliphatic rings. The second-order valence-electron chi connectivity index (χ2n) is 6.53. The molecular weight excluding hydrogens is 299 g/mol. The van der Waals surface area contributed by atoms with Gasteiger partial charge >= 0.3 is 6.18 Å². The van der Waals surface area contributed by atoms with Crippen LogP contribution >= 0.6 is 0 Å². The maximum Gasteiger partial charge on any atom is 0.416 e. The Morgan fingerprint density at radius 1 is 0.957 bits per heavy atom. The van der Waals surface area contributed by atoms with Gasteiger partial charge in [0.1, 0.15) is 0 Å². The maximum atomic E-state index is 13.0. The van der Waals surface area contributed by atoms with Gasteiger partial charge in [-0.15, -0.1) is 0 Å². The van der Waals surface area contributed by atoms with Crippen molar-refractivity contribution in [2.24, 2.45) is 5.92 Å². The predicted molar refractivity (Wildman–Crippen MR) is 84.3 cm³/mol. The normalized spacial score (nSPS) is 26.3. The van der Waals surface area contributed by atoms with Crippen molar-refractivity contribution < 1.29 is 13.2 Å². The number of hydrogen-bond acceptors (Lipinski definition) is 1. The largest absolute Gasteiger partial charge is 0.416 e. The molecule has 1 nitrogen and oxygen atoms in total. The first-order valence-electron chi connectivity index (χ1n) is 8.06. The summed E-state index contributed by atoms with van der Waals surface area (Å²) in [7, 11) is 0. The van der Waals surface area contributed by atoms with Crippen molar-refractivity contribution in [1.82, 2.24) is 0 Å². The first-order chi connectivity index (χ1) is 11.0. The van der Waals surface area contributed by atoms with E-state index in [1.54, 1.807) is 6.07 Å². The monoisotopic (exact) mass is 317 g/mol. The SMILES string of the molecule is FC(F)(F)c1ccc2c(c1)C1CCCC1[C@H](c1ccccc1)N2. The number of hydrogen-bond donors (Lipinski definition) is 1. The Morgan fingerprint density at radius 2 is 1.74 bits per heavy atom. The van der Waals surface area contributed by atoms with Crippen molar-refractivity contribution in [1.29, 1.82) is 0 Å². The second kappa shape index (κ2) is 5.29. The Morgan fingerprint density at radius 3 is 2.48 bits per heavy atom. The number of halogens is 3. The molecule has 0 aromatic heterocycles. The molecular formula is C19H18F3N. The molecule has 0 spiro atoms. The van der Waals surface area contributed by atoms with Crippen molar-refractivity contribution >= 4 is 5.69 Å². The molecule has 2 unspecified atom stereocenters. The molecule has 4 rings (SSSR count). The fraction of sp³-hybridized carbons (Fsp3) is 0.368. The Labute approximate surface area is 133 Å². The van der Waals surface area contributed by atoms with Crippen LogP contribution in [0.5, 0.6) is 0 Å². The van der Waals surface area contributed by atoms with Gasteiger partial charge in [-0.05, 0) is 54.0 Å². The van der Waals surface area contributed by atoms with Gasteiger partial charge in [0.25, 0.3) is 0 Å². The number of benzene rings is 2. The van der Waals surface area contributed by atoms with Crippen LogP contribution in [-0.2, 0) is 6.18 Å². The fourth-order valence-corrected chi connectivity index (χ4v) is 4.22. The molecule has 0 bridgehead atoms. The van der Waals surface area contributed by atoms with E-state index in [2.05, 4.69) is 17.4 Å². The molecule has 1 aliphatic heterocycles. The van der Waals surface area contributed by atoms with Crippen molar-refractivity contribution in [3.63, 3.8) is 0 Å². The van der Waals surface area contributed by atoms with E-state index in [1.165, 1.54) is 17.7 Å². The number of anilines is 1. The Hall–Kier alpha value is -1.97. The van der Waals surface area contributed by atoms with Gasteiger partial charge in [-0.3, -0.25) is 0 Å². The molecule has 23 heavy (non-hydrogen) atoms. The lowest BCUT2D eigenvalue weighted by molar-refractivity contribution is -0.137. The van der Waals surface area contributed by atoms with E-state index in [-0.39, 0.29) is 12.0 Å². The van der Waals surface area contributed by atoms with Gasteiger partial charge in [-0.25, -0.2) is 0 Å². The van der Waals surface area contributed by atoms with E-state index < -0.39 is 11.7 Å². The summed E-state index contributed by atoms with van der Waals surface area (Å²) in [6, 6.07) is 14.5. The van der Waals surface area contributed by atoms with Crippen LogP contribution in [0.15, 0.2) is 48.5 Å². The standard InChI is InChI=1S/C19H18F3N/c20-19(21,22)13-9-10-17-16(11-13)14-7-4-8-15(14)18(23-17)12-5-2-1-3-6-12/h1-3,5-6,9-11,14-15,18,23H,4,7-8H2/t14?,15?,18-/m0/s1. The fourth-order valence-electron chi connectivity index (χ4n) is 4.22. The highest BCUT2D eigenvalue weighted by molar-refractivity contribution is 5.59. The van der Waals surface area contributed by atoms with Gasteiger partial charge in [0.2, 0.25) is 0 Å². The van der Waals surface area contributed by atoms with Crippen LogP contribution in [0, 0.1) is 5.92 Å². The van der Waals surface area contributed by atoms with Crippen LogP contribution in [0.3, 0.4) is 0 Å². The third kappa shape index (κ3) is 2.50. The molecule has 0 radical (unpaired) electrons. The van der Waals surface area contributed by atoms with Crippen LogP contribution in [0.4, 0.5) is 18.9 Å². The summed E-state index contributed by atoms with van der Waals surface area (Å²) in [5.41, 5.74) is 2.38. The van der Waals surface area contributed by atoms with Crippen molar-refractivity contribution in [3.05, 3.63) is 65.2 Å². The van der Waals surface area contributed by atoms with E-state index in [0.717, 1.165) is 30.5 Å². The second-order valence-corrected chi connectivity index (χ2v) is 6.53. The number of alkyl halides is 3. The molecule has 120 valence electrons. The highest BCUT2D eigenvalue weighted by Crippen LogP contribution is 2.53. The minimum absolute atomic E-state index is 0.188. The van der Waals surface area contributed by atoms with Gasteiger partial charge in [-0.2, -0.15) is 13.2 Å². The summed E-state index contributed by atoms with van der Waals surface area (Å²) in [5, 5.41) is 3.50. The van der Waals surface area contributed by atoms with E-state index in [1.807, 2.05) is 18.2 Å². The van der Waals surface area contributed by atoms with Crippen molar-refractivity contribution in [3.8, 4) is 0 Å². The minimum Gasteiger partial charge on any atom is -0.378 e. The molecule has 1 heterocycles. The quantitative estimate of drug-likeness (QED) is 0.705. The zero-order valence-corrected chi connectivity index (χ0v) is 12.6. The molecule has 0 amide bonds. The predicted octanol–water partition coefficient (Wildman–Crippen LogP) is 5.76. The molecule has 1 aliphatic carbocycles. The van der Waals surface area contributed by atoms with E-state index in [0.29, 0.717) is 5.92 Å². The lowest BCUT2D eigenvalue weighted by atomic mass is 9.77. The van der Waals surface area contributed by atoms with Crippen molar-refractivity contribution in [2.45, 2.75) is 37.4 Å². The summed E-state index contributed by atoms with van der Waals surface area (Å²) in [5.74, 6) is 0.590. The molecule has 2 aromatic rings. The van der Waals surface area contributed by atoms with Crippen LogP contribution < -0.4 is 5.32 Å².